The second-order valence-electron chi connectivity index (χ2n) is 3.54. The fourth-order valence-corrected chi connectivity index (χ4v) is 1.13. The molecule has 1 aromatic carbocycles. The van der Waals surface area contributed by atoms with E-state index >= 15 is 0 Å². The minimum absolute atomic E-state index is 0.0687. The third-order valence-corrected chi connectivity index (χ3v) is 2.22. The number of rotatable bonds is 4. The van der Waals surface area contributed by atoms with Crippen LogP contribution in [0.3, 0.4) is 0 Å². The lowest BCUT2D eigenvalue weighted by molar-refractivity contribution is 0.661. The number of guanidine groups is 1. The lowest BCUT2D eigenvalue weighted by Gasteiger charge is -2.09. The van der Waals surface area contributed by atoms with Gasteiger partial charge in [-0.05, 0) is 24.3 Å². The molecule has 0 aliphatic heterocycles. The summed E-state index contributed by atoms with van der Waals surface area (Å²) >= 11 is 0. The van der Waals surface area contributed by atoms with Gasteiger partial charge in [0.1, 0.15) is 0 Å². The SMILES string of the molecule is CN/C=C\N(C)C(=N)N=Nc1ccc(NC)cc1. The maximum absolute atomic E-state index is 7.67. The summed E-state index contributed by atoms with van der Waals surface area (Å²) in [4.78, 5) is 1.56. The molecule has 0 unspecified atom stereocenters. The molecular formula is C12H18N6. The number of hydrogen-bond acceptors (Lipinski definition) is 4. The Balaban J connectivity index is 2.62. The van der Waals surface area contributed by atoms with Crippen molar-refractivity contribution < 1.29 is 0 Å². The molecule has 0 spiro atoms. The fraction of sp³-hybridized carbons (Fsp3) is 0.250. The van der Waals surface area contributed by atoms with Crippen LogP contribution < -0.4 is 10.6 Å². The maximum atomic E-state index is 7.67. The molecule has 6 nitrogen and oxygen atoms in total. The van der Waals surface area contributed by atoms with Crippen LogP contribution in [0.25, 0.3) is 0 Å². The maximum Gasteiger partial charge on any atom is 0.241 e. The quantitative estimate of drug-likeness (QED) is 0.433. The minimum Gasteiger partial charge on any atom is -0.393 e. The number of hydrogen-bond donors (Lipinski definition) is 3. The van der Waals surface area contributed by atoms with E-state index in [-0.39, 0.29) is 5.96 Å². The molecule has 0 bridgehead atoms. The molecule has 0 saturated carbocycles. The molecule has 0 fully saturated rings. The Kier molecular flexibility index (Phi) is 5.37. The van der Waals surface area contributed by atoms with Crippen molar-refractivity contribution >= 4 is 17.3 Å². The van der Waals surface area contributed by atoms with E-state index in [9.17, 15) is 0 Å². The van der Waals surface area contributed by atoms with Gasteiger partial charge in [0.25, 0.3) is 0 Å². The molecule has 0 amide bonds. The molecule has 0 aliphatic carbocycles. The molecule has 3 N–H and O–H groups in total. The average Bonchev–Trinajstić information content (AvgIpc) is 2.42. The van der Waals surface area contributed by atoms with Crippen LogP contribution >= 0.6 is 0 Å². The van der Waals surface area contributed by atoms with Gasteiger partial charge in [-0.3, -0.25) is 5.41 Å². The summed E-state index contributed by atoms with van der Waals surface area (Å²) in [6.45, 7) is 0. The van der Waals surface area contributed by atoms with Crippen molar-refractivity contribution in [3.05, 3.63) is 36.7 Å². The fourth-order valence-electron chi connectivity index (χ4n) is 1.13. The largest absolute Gasteiger partial charge is 0.393 e. The topological polar surface area (TPSA) is 75.9 Å². The van der Waals surface area contributed by atoms with Gasteiger partial charge in [-0.1, -0.05) is 0 Å². The van der Waals surface area contributed by atoms with Crippen LogP contribution in [-0.2, 0) is 0 Å². The highest BCUT2D eigenvalue weighted by Gasteiger charge is 1.98. The van der Waals surface area contributed by atoms with Gasteiger partial charge >= 0.3 is 0 Å². The van der Waals surface area contributed by atoms with Crippen LogP contribution in [0.1, 0.15) is 0 Å². The van der Waals surface area contributed by atoms with Gasteiger partial charge in [-0.25, -0.2) is 0 Å². The molecular weight excluding hydrogens is 228 g/mol. The van der Waals surface area contributed by atoms with Crippen molar-refractivity contribution in [3.63, 3.8) is 0 Å². The highest BCUT2D eigenvalue weighted by atomic mass is 15.3. The Bertz CT molecular complexity index is 434. The van der Waals surface area contributed by atoms with Crippen molar-refractivity contribution in [2.24, 2.45) is 10.2 Å². The molecule has 96 valence electrons. The number of azo groups is 1. The van der Waals surface area contributed by atoms with Crippen LogP contribution in [0.5, 0.6) is 0 Å². The van der Waals surface area contributed by atoms with Crippen molar-refractivity contribution in [2.75, 3.05) is 26.5 Å². The molecule has 1 rings (SSSR count). The van der Waals surface area contributed by atoms with Crippen molar-refractivity contribution in [3.8, 4) is 0 Å². The zero-order valence-electron chi connectivity index (χ0n) is 10.8. The lowest BCUT2D eigenvalue weighted by atomic mass is 10.3. The van der Waals surface area contributed by atoms with Gasteiger partial charge in [0, 0.05) is 39.2 Å². The van der Waals surface area contributed by atoms with E-state index in [0.29, 0.717) is 5.69 Å². The Hall–Kier alpha value is -2.37. The van der Waals surface area contributed by atoms with Crippen LogP contribution in [-0.4, -0.2) is 32.0 Å². The molecule has 1 aromatic rings. The van der Waals surface area contributed by atoms with E-state index in [1.165, 1.54) is 0 Å². The number of nitrogens with zero attached hydrogens (tertiary/aromatic N) is 3. The van der Waals surface area contributed by atoms with Gasteiger partial charge in [-0.2, -0.15) is 0 Å². The average molecular weight is 246 g/mol. The summed E-state index contributed by atoms with van der Waals surface area (Å²) in [6.07, 6.45) is 3.41. The Morgan fingerprint density at radius 2 is 1.94 bits per heavy atom. The summed E-state index contributed by atoms with van der Waals surface area (Å²) < 4.78 is 0. The van der Waals surface area contributed by atoms with Crippen LogP contribution in [0.4, 0.5) is 11.4 Å². The zero-order chi connectivity index (χ0) is 13.4. The molecule has 0 saturated heterocycles. The molecule has 6 heteroatoms. The Labute approximate surface area is 107 Å². The lowest BCUT2D eigenvalue weighted by Crippen LogP contribution is -2.17. The van der Waals surface area contributed by atoms with Crippen LogP contribution in [0, 0.1) is 5.41 Å². The first-order valence-corrected chi connectivity index (χ1v) is 5.52. The number of anilines is 1. The van der Waals surface area contributed by atoms with Gasteiger partial charge < -0.3 is 15.5 Å². The van der Waals surface area contributed by atoms with Gasteiger partial charge in [0.05, 0.1) is 5.69 Å². The van der Waals surface area contributed by atoms with E-state index in [1.54, 1.807) is 31.4 Å². The van der Waals surface area contributed by atoms with Crippen molar-refractivity contribution in [2.45, 2.75) is 0 Å². The van der Waals surface area contributed by atoms with Crippen molar-refractivity contribution in [1.82, 2.24) is 10.2 Å². The van der Waals surface area contributed by atoms with E-state index in [0.717, 1.165) is 5.69 Å². The number of benzene rings is 1. The second-order valence-corrected chi connectivity index (χ2v) is 3.54. The molecule has 0 radical (unpaired) electrons. The monoisotopic (exact) mass is 246 g/mol. The normalized spacial score (nSPS) is 10.8. The standard InChI is InChI=1S/C12H18N6/c1-14-8-9-18(3)12(13)17-16-11-6-4-10(15-2)5-7-11/h4-9,13-15H,1-3H3/b9-8-,13-12?,17-16?. The van der Waals surface area contributed by atoms with E-state index in [2.05, 4.69) is 20.9 Å². The first-order chi connectivity index (χ1) is 8.67. The van der Waals surface area contributed by atoms with Crippen LogP contribution in [0.2, 0.25) is 0 Å². The first kappa shape index (κ1) is 13.7. The molecule has 18 heavy (non-hydrogen) atoms. The summed E-state index contributed by atoms with van der Waals surface area (Å²) in [7, 11) is 5.38. The third kappa shape index (κ3) is 4.25. The summed E-state index contributed by atoms with van der Waals surface area (Å²) in [5.41, 5.74) is 1.72. The Morgan fingerprint density at radius 3 is 2.50 bits per heavy atom. The van der Waals surface area contributed by atoms with Gasteiger partial charge in [0.15, 0.2) is 0 Å². The van der Waals surface area contributed by atoms with Crippen molar-refractivity contribution in [1.29, 1.82) is 5.41 Å². The predicted octanol–water partition coefficient (Wildman–Crippen LogP) is 2.37. The molecule has 0 aliphatic rings. The summed E-state index contributed by atoms with van der Waals surface area (Å²) in [6, 6.07) is 7.49. The molecule has 0 atom stereocenters. The van der Waals surface area contributed by atoms with E-state index in [4.69, 9.17) is 5.41 Å². The molecule has 0 heterocycles. The Morgan fingerprint density at radius 1 is 1.28 bits per heavy atom. The summed E-state index contributed by atoms with van der Waals surface area (Å²) in [5.74, 6) is 0.0687. The van der Waals surface area contributed by atoms with Gasteiger partial charge in [-0.15, -0.1) is 10.2 Å². The summed E-state index contributed by atoms with van der Waals surface area (Å²) in [5, 5.41) is 21.4. The van der Waals surface area contributed by atoms with Crippen LogP contribution in [0.15, 0.2) is 46.9 Å². The first-order valence-electron chi connectivity index (χ1n) is 5.52. The van der Waals surface area contributed by atoms with E-state index in [1.807, 2.05) is 31.3 Å². The number of nitrogens with one attached hydrogen (secondary N) is 3. The minimum atomic E-state index is 0.0687. The smallest absolute Gasteiger partial charge is 0.241 e. The van der Waals surface area contributed by atoms with Gasteiger partial charge in [0.2, 0.25) is 5.96 Å². The highest BCUT2D eigenvalue weighted by Crippen LogP contribution is 2.16. The highest BCUT2D eigenvalue weighted by molar-refractivity contribution is 5.78. The predicted molar refractivity (Wildman–Crippen MR) is 74.2 cm³/mol. The molecule has 0 aromatic heterocycles. The van der Waals surface area contributed by atoms with E-state index < -0.39 is 0 Å². The second kappa shape index (κ2) is 7.05. The zero-order valence-corrected chi connectivity index (χ0v) is 10.8. The third-order valence-electron chi connectivity index (χ3n) is 2.22.